The van der Waals surface area contributed by atoms with Gasteiger partial charge in [0.25, 0.3) is 5.91 Å². The van der Waals surface area contributed by atoms with Crippen LogP contribution in [0.25, 0.3) is 5.82 Å². The van der Waals surface area contributed by atoms with Crippen LogP contribution in [0.5, 0.6) is 0 Å². The molecule has 1 aliphatic rings. The second-order valence-electron chi connectivity index (χ2n) is 6.67. The molecule has 3 aromatic heterocycles. The Morgan fingerprint density at radius 1 is 1.21 bits per heavy atom. The van der Waals surface area contributed by atoms with Gasteiger partial charge in [0.2, 0.25) is 0 Å². The Morgan fingerprint density at radius 3 is 2.61 bits per heavy atom. The summed E-state index contributed by atoms with van der Waals surface area (Å²) in [4.78, 5) is 20.5. The van der Waals surface area contributed by atoms with Crippen molar-refractivity contribution in [2.75, 3.05) is 5.32 Å². The second kappa shape index (κ2) is 6.74. The van der Waals surface area contributed by atoms with Crippen molar-refractivity contribution in [2.45, 2.75) is 31.9 Å². The van der Waals surface area contributed by atoms with E-state index < -0.39 is 11.9 Å². The molecule has 144 valence electrons. The zero-order chi connectivity index (χ0) is 19.9. The molecule has 0 aliphatic heterocycles. The first-order valence-electron chi connectivity index (χ1n) is 8.69. The maximum atomic E-state index is 13.0. The molecule has 9 heteroatoms. The molecule has 0 spiro atoms. The van der Waals surface area contributed by atoms with Crippen molar-refractivity contribution >= 4 is 11.6 Å². The van der Waals surface area contributed by atoms with E-state index >= 15 is 0 Å². The van der Waals surface area contributed by atoms with Crippen molar-refractivity contribution in [3.8, 4) is 5.82 Å². The molecule has 1 amide bonds. The summed E-state index contributed by atoms with van der Waals surface area (Å²) in [6.07, 6.45) is 0.0697. The van der Waals surface area contributed by atoms with Gasteiger partial charge in [-0.05, 0) is 49.6 Å². The molecule has 0 bridgehead atoms. The van der Waals surface area contributed by atoms with E-state index in [1.807, 2.05) is 0 Å². The topological polar surface area (TPSA) is 72.7 Å². The lowest BCUT2D eigenvalue weighted by atomic mass is 10.2. The molecular weight excluding hydrogens is 371 g/mol. The summed E-state index contributed by atoms with van der Waals surface area (Å²) in [6.45, 7) is 1.78. The number of nitrogens with zero attached hydrogens (tertiary/aromatic N) is 4. The quantitative estimate of drug-likeness (QED) is 0.731. The lowest BCUT2D eigenvalue weighted by molar-refractivity contribution is -0.141. The van der Waals surface area contributed by atoms with Crippen LogP contribution in [0.1, 0.15) is 46.2 Å². The van der Waals surface area contributed by atoms with Gasteiger partial charge >= 0.3 is 6.18 Å². The SMILES string of the molecule is Cc1cccnc1C(=O)Nc1ccc(-n2nc(C(F)(F)F)cc2C2CC2)nc1. The Balaban J connectivity index is 1.58. The first-order valence-corrected chi connectivity index (χ1v) is 8.69. The molecule has 28 heavy (non-hydrogen) atoms. The van der Waals surface area contributed by atoms with Crippen LogP contribution in [0, 0.1) is 6.92 Å². The van der Waals surface area contributed by atoms with Crippen LogP contribution >= 0.6 is 0 Å². The molecule has 0 atom stereocenters. The Hall–Kier alpha value is -3.23. The lowest BCUT2D eigenvalue weighted by Crippen LogP contribution is -2.15. The maximum absolute atomic E-state index is 13.0. The predicted octanol–water partition coefficient (Wildman–Crippen LogP) is 4.12. The maximum Gasteiger partial charge on any atom is 0.435 e. The number of nitrogens with one attached hydrogen (secondary N) is 1. The second-order valence-corrected chi connectivity index (χ2v) is 6.67. The summed E-state index contributed by atoms with van der Waals surface area (Å²) in [7, 11) is 0. The van der Waals surface area contributed by atoms with Gasteiger partial charge < -0.3 is 5.32 Å². The van der Waals surface area contributed by atoms with E-state index in [1.165, 1.54) is 23.1 Å². The number of halogens is 3. The molecule has 3 heterocycles. The molecule has 3 aromatic rings. The molecule has 6 nitrogen and oxygen atoms in total. The summed E-state index contributed by atoms with van der Waals surface area (Å²) in [5.41, 5.74) is 1.01. The van der Waals surface area contributed by atoms with Crippen molar-refractivity contribution in [3.63, 3.8) is 0 Å². The Bertz CT molecular complexity index is 1020. The van der Waals surface area contributed by atoms with Gasteiger partial charge in [0.05, 0.1) is 11.9 Å². The van der Waals surface area contributed by atoms with Crippen LogP contribution < -0.4 is 5.32 Å². The molecule has 0 unspecified atom stereocenters. The van der Waals surface area contributed by atoms with Gasteiger partial charge in [-0.2, -0.15) is 18.3 Å². The normalized spacial score (nSPS) is 14.1. The Kier molecular flexibility index (Phi) is 4.37. The van der Waals surface area contributed by atoms with E-state index in [9.17, 15) is 18.0 Å². The molecule has 0 aromatic carbocycles. The number of hydrogen-bond donors (Lipinski definition) is 1. The minimum atomic E-state index is -4.51. The van der Waals surface area contributed by atoms with Crippen molar-refractivity contribution in [3.05, 3.63) is 65.4 Å². The third-order valence-electron chi connectivity index (χ3n) is 4.47. The Morgan fingerprint density at radius 2 is 2.00 bits per heavy atom. The van der Waals surface area contributed by atoms with Crippen LogP contribution in [0.4, 0.5) is 18.9 Å². The van der Waals surface area contributed by atoms with Crippen LogP contribution in [0.15, 0.2) is 42.7 Å². The molecule has 1 N–H and O–H groups in total. The van der Waals surface area contributed by atoms with Crippen LogP contribution in [-0.2, 0) is 6.18 Å². The van der Waals surface area contributed by atoms with Crippen molar-refractivity contribution in [1.29, 1.82) is 0 Å². The van der Waals surface area contributed by atoms with Gasteiger partial charge in [0.1, 0.15) is 5.69 Å². The number of amides is 1. The van der Waals surface area contributed by atoms with Gasteiger partial charge in [-0.3, -0.25) is 9.78 Å². The van der Waals surface area contributed by atoms with Crippen LogP contribution in [0.2, 0.25) is 0 Å². The average molecular weight is 387 g/mol. The first-order chi connectivity index (χ1) is 13.3. The monoisotopic (exact) mass is 387 g/mol. The number of carbonyl (C=O) groups excluding carboxylic acids is 1. The standard InChI is InChI=1S/C19H16F3N5O/c1-11-3-2-8-23-17(11)18(28)25-13-6-7-16(24-10-13)27-14(12-4-5-12)9-15(26-27)19(20,21)22/h2-3,6-10,12H,4-5H2,1H3,(H,25,28). The number of aromatic nitrogens is 4. The molecule has 0 radical (unpaired) electrons. The minimum absolute atomic E-state index is 0.0666. The fourth-order valence-corrected chi connectivity index (χ4v) is 2.89. The highest BCUT2D eigenvalue weighted by atomic mass is 19.4. The molecule has 4 rings (SSSR count). The number of aryl methyl sites for hydroxylation is 1. The van der Waals surface area contributed by atoms with Crippen molar-refractivity contribution in [2.24, 2.45) is 0 Å². The van der Waals surface area contributed by atoms with Crippen molar-refractivity contribution in [1.82, 2.24) is 19.7 Å². The molecule has 1 fully saturated rings. The summed E-state index contributed by atoms with van der Waals surface area (Å²) >= 11 is 0. The largest absolute Gasteiger partial charge is 0.435 e. The summed E-state index contributed by atoms with van der Waals surface area (Å²) in [5.74, 6) is -0.0499. The first kappa shape index (κ1) is 18.1. The highest BCUT2D eigenvalue weighted by Gasteiger charge is 2.38. The van der Waals surface area contributed by atoms with Crippen molar-refractivity contribution < 1.29 is 18.0 Å². The van der Waals surface area contributed by atoms with Gasteiger partial charge in [0, 0.05) is 17.8 Å². The zero-order valence-corrected chi connectivity index (χ0v) is 14.9. The third-order valence-corrected chi connectivity index (χ3v) is 4.47. The van der Waals surface area contributed by atoms with E-state index in [1.54, 1.807) is 25.1 Å². The number of anilines is 1. The number of rotatable bonds is 4. The van der Waals surface area contributed by atoms with E-state index in [2.05, 4.69) is 20.4 Å². The van der Waals surface area contributed by atoms with Gasteiger partial charge in [-0.1, -0.05) is 6.07 Å². The fourth-order valence-electron chi connectivity index (χ4n) is 2.89. The molecule has 1 saturated carbocycles. The number of carbonyl (C=O) groups is 1. The van der Waals surface area contributed by atoms with Gasteiger partial charge in [0.15, 0.2) is 11.5 Å². The highest BCUT2D eigenvalue weighted by Crippen LogP contribution is 2.42. The summed E-state index contributed by atoms with van der Waals surface area (Å²) in [5, 5.41) is 6.38. The minimum Gasteiger partial charge on any atom is -0.319 e. The van der Waals surface area contributed by atoms with Gasteiger partial charge in [-0.25, -0.2) is 9.67 Å². The third kappa shape index (κ3) is 3.60. The fraction of sp³-hybridized carbons (Fsp3) is 0.263. The number of pyridine rings is 2. The zero-order valence-electron chi connectivity index (χ0n) is 14.9. The lowest BCUT2D eigenvalue weighted by Gasteiger charge is -2.09. The average Bonchev–Trinajstić information content (AvgIpc) is 3.39. The van der Waals surface area contributed by atoms with E-state index in [-0.39, 0.29) is 17.6 Å². The smallest absolute Gasteiger partial charge is 0.319 e. The van der Waals surface area contributed by atoms with E-state index in [4.69, 9.17) is 0 Å². The van der Waals surface area contributed by atoms with E-state index in [0.29, 0.717) is 17.1 Å². The predicted molar refractivity (Wildman–Crippen MR) is 95.3 cm³/mol. The van der Waals surface area contributed by atoms with Crippen LogP contribution in [-0.4, -0.2) is 25.7 Å². The number of hydrogen-bond acceptors (Lipinski definition) is 4. The highest BCUT2D eigenvalue weighted by molar-refractivity contribution is 6.03. The van der Waals surface area contributed by atoms with E-state index in [0.717, 1.165) is 24.5 Å². The molecule has 1 aliphatic carbocycles. The molecular formula is C19H16F3N5O. The molecule has 0 saturated heterocycles. The Labute approximate surface area is 158 Å². The number of alkyl halides is 3. The summed E-state index contributed by atoms with van der Waals surface area (Å²) < 4.78 is 40.3. The summed E-state index contributed by atoms with van der Waals surface area (Å²) in [6, 6.07) is 7.70. The van der Waals surface area contributed by atoms with Crippen LogP contribution in [0.3, 0.4) is 0 Å². The van der Waals surface area contributed by atoms with Gasteiger partial charge in [-0.15, -0.1) is 0 Å².